The monoisotopic (exact) mass is 107 g/mol. The van der Waals surface area contributed by atoms with E-state index < -0.39 is 0 Å². The molecule has 1 heteroatoms. The van der Waals surface area contributed by atoms with E-state index in [9.17, 15) is 0 Å². The number of rotatable bonds is 0. The van der Waals surface area contributed by atoms with Crippen LogP contribution in [0.3, 0.4) is 0 Å². The molecule has 0 spiro atoms. The van der Waals surface area contributed by atoms with Crippen molar-refractivity contribution >= 4 is 0 Å². The van der Waals surface area contributed by atoms with E-state index in [0.29, 0.717) is 5.92 Å². The molecule has 1 fully saturated rings. The quantitative estimate of drug-likeness (QED) is 0.432. The van der Waals surface area contributed by atoms with Crippen LogP contribution in [0.1, 0.15) is 13.3 Å². The summed E-state index contributed by atoms with van der Waals surface area (Å²) in [6, 6.07) is 2.22. The predicted octanol–water partition coefficient (Wildman–Crippen LogP) is 1.72. The number of nitriles is 1. The minimum absolute atomic E-state index is 0.266. The van der Waals surface area contributed by atoms with Crippen molar-refractivity contribution in [3.63, 3.8) is 0 Å². The highest BCUT2D eigenvalue weighted by atomic mass is 14.4. The lowest BCUT2D eigenvalue weighted by atomic mass is 9.72. The molecule has 2 unspecified atom stereocenters. The van der Waals surface area contributed by atoms with Crippen molar-refractivity contribution in [3.8, 4) is 6.07 Å². The number of hydrogen-bond donors (Lipinski definition) is 0. The summed E-state index contributed by atoms with van der Waals surface area (Å²) in [5.74, 6) is 0.725. The molecular weight excluding hydrogens is 98.1 g/mol. The molecule has 0 radical (unpaired) electrons. The van der Waals surface area contributed by atoms with Crippen LogP contribution in [0.2, 0.25) is 0 Å². The Hall–Kier alpha value is -0.770. The van der Waals surface area contributed by atoms with E-state index in [4.69, 9.17) is 5.26 Å². The van der Waals surface area contributed by atoms with Crippen molar-refractivity contribution in [1.29, 1.82) is 5.26 Å². The summed E-state index contributed by atoms with van der Waals surface area (Å²) in [5, 5.41) is 8.38. The lowest BCUT2D eigenvalue weighted by molar-refractivity contribution is 0.379. The molecule has 0 amide bonds. The van der Waals surface area contributed by atoms with Gasteiger partial charge in [-0.05, 0) is 12.3 Å². The number of hydrogen-bond acceptors (Lipinski definition) is 1. The van der Waals surface area contributed by atoms with E-state index in [-0.39, 0.29) is 5.92 Å². The van der Waals surface area contributed by atoms with Crippen LogP contribution in [-0.4, -0.2) is 0 Å². The standard InChI is InChI=1S/C7H9N/c1-5-3-7(4-8)6(5)2/h6-7H,1,3H2,2H3. The van der Waals surface area contributed by atoms with Gasteiger partial charge in [0.05, 0.1) is 12.0 Å². The van der Waals surface area contributed by atoms with Crippen LogP contribution in [0.25, 0.3) is 0 Å². The van der Waals surface area contributed by atoms with E-state index in [2.05, 4.69) is 19.6 Å². The Balaban J connectivity index is 2.50. The van der Waals surface area contributed by atoms with Gasteiger partial charge in [0.1, 0.15) is 0 Å². The van der Waals surface area contributed by atoms with Crippen LogP contribution in [0.4, 0.5) is 0 Å². The topological polar surface area (TPSA) is 23.8 Å². The lowest BCUT2D eigenvalue weighted by Gasteiger charge is -2.30. The third-order valence-electron chi connectivity index (χ3n) is 1.90. The van der Waals surface area contributed by atoms with Gasteiger partial charge < -0.3 is 0 Å². The van der Waals surface area contributed by atoms with E-state index in [1.165, 1.54) is 5.57 Å². The van der Waals surface area contributed by atoms with Gasteiger partial charge >= 0.3 is 0 Å². The third-order valence-corrected chi connectivity index (χ3v) is 1.90. The Morgan fingerprint density at radius 1 is 1.88 bits per heavy atom. The van der Waals surface area contributed by atoms with Crippen molar-refractivity contribution in [2.75, 3.05) is 0 Å². The lowest BCUT2D eigenvalue weighted by Crippen LogP contribution is -2.23. The average Bonchev–Trinajstić information content (AvgIpc) is 1.81. The fraction of sp³-hybridized carbons (Fsp3) is 0.571. The minimum Gasteiger partial charge on any atom is -0.198 e. The number of nitrogens with zero attached hydrogens (tertiary/aromatic N) is 1. The Labute approximate surface area is 49.6 Å². The molecule has 1 rings (SSSR count). The maximum Gasteiger partial charge on any atom is 0.0665 e. The van der Waals surface area contributed by atoms with E-state index in [1.54, 1.807) is 0 Å². The van der Waals surface area contributed by atoms with Gasteiger partial charge in [-0.15, -0.1) is 0 Å². The van der Waals surface area contributed by atoms with Gasteiger partial charge in [0.2, 0.25) is 0 Å². The maximum absolute atomic E-state index is 8.38. The molecule has 42 valence electrons. The summed E-state index contributed by atoms with van der Waals surface area (Å²) in [6.07, 6.45) is 0.928. The fourth-order valence-corrected chi connectivity index (χ4v) is 0.927. The Kier molecular flexibility index (Phi) is 1.09. The molecule has 1 aliphatic carbocycles. The SMILES string of the molecule is C=C1CC(C#N)C1C. The van der Waals surface area contributed by atoms with Crippen LogP contribution >= 0.6 is 0 Å². The van der Waals surface area contributed by atoms with Crippen molar-refractivity contribution in [2.45, 2.75) is 13.3 Å². The fourth-order valence-electron chi connectivity index (χ4n) is 0.927. The van der Waals surface area contributed by atoms with Gasteiger partial charge in [0.25, 0.3) is 0 Å². The van der Waals surface area contributed by atoms with Crippen molar-refractivity contribution < 1.29 is 0 Å². The molecule has 0 saturated heterocycles. The summed E-state index contributed by atoms with van der Waals surface area (Å²) in [6.45, 7) is 5.84. The highest BCUT2D eigenvalue weighted by Crippen LogP contribution is 2.37. The predicted molar refractivity (Wildman–Crippen MR) is 32.0 cm³/mol. The molecule has 0 bridgehead atoms. The van der Waals surface area contributed by atoms with Crippen LogP contribution < -0.4 is 0 Å². The van der Waals surface area contributed by atoms with Gasteiger partial charge in [-0.3, -0.25) is 0 Å². The van der Waals surface area contributed by atoms with Gasteiger partial charge in [-0.1, -0.05) is 19.1 Å². The number of allylic oxidation sites excluding steroid dienone is 1. The summed E-state index contributed by atoms with van der Waals surface area (Å²) in [4.78, 5) is 0. The van der Waals surface area contributed by atoms with Crippen LogP contribution in [0.5, 0.6) is 0 Å². The zero-order chi connectivity index (χ0) is 6.15. The molecular formula is C7H9N. The average molecular weight is 107 g/mol. The Bertz CT molecular complexity index is 152. The zero-order valence-electron chi connectivity index (χ0n) is 5.02. The summed E-state index contributed by atoms with van der Waals surface area (Å²) < 4.78 is 0. The second kappa shape index (κ2) is 1.63. The molecule has 0 aliphatic heterocycles. The minimum atomic E-state index is 0.266. The molecule has 0 aromatic carbocycles. The van der Waals surface area contributed by atoms with E-state index >= 15 is 0 Å². The first-order valence-corrected chi connectivity index (χ1v) is 2.83. The summed E-state index contributed by atoms with van der Waals surface area (Å²) in [7, 11) is 0. The first kappa shape index (κ1) is 5.37. The largest absolute Gasteiger partial charge is 0.198 e. The first-order valence-electron chi connectivity index (χ1n) is 2.83. The molecule has 0 aromatic heterocycles. The highest BCUT2D eigenvalue weighted by Gasteiger charge is 2.29. The molecule has 1 nitrogen and oxygen atoms in total. The molecule has 8 heavy (non-hydrogen) atoms. The molecule has 1 aliphatic rings. The highest BCUT2D eigenvalue weighted by molar-refractivity contribution is 5.18. The normalized spacial score (nSPS) is 35.8. The van der Waals surface area contributed by atoms with Crippen molar-refractivity contribution in [2.24, 2.45) is 11.8 Å². The Morgan fingerprint density at radius 2 is 2.50 bits per heavy atom. The molecule has 0 N–H and O–H groups in total. The summed E-state index contributed by atoms with van der Waals surface area (Å²) >= 11 is 0. The van der Waals surface area contributed by atoms with E-state index in [0.717, 1.165) is 6.42 Å². The van der Waals surface area contributed by atoms with Crippen molar-refractivity contribution in [3.05, 3.63) is 12.2 Å². The van der Waals surface area contributed by atoms with Crippen LogP contribution in [0.15, 0.2) is 12.2 Å². The molecule has 1 saturated carbocycles. The first-order chi connectivity index (χ1) is 3.75. The summed E-state index contributed by atoms with van der Waals surface area (Å²) in [5.41, 5.74) is 1.23. The van der Waals surface area contributed by atoms with Gasteiger partial charge in [-0.25, -0.2) is 0 Å². The smallest absolute Gasteiger partial charge is 0.0665 e. The van der Waals surface area contributed by atoms with E-state index in [1.807, 2.05) is 0 Å². The second-order valence-electron chi connectivity index (χ2n) is 2.39. The molecule has 0 aromatic rings. The molecule has 0 heterocycles. The van der Waals surface area contributed by atoms with Crippen molar-refractivity contribution in [1.82, 2.24) is 0 Å². The van der Waals surface area contributed by atoms with Crippen LogP contribution in [-0.2, 0) is 0 Å². The van der Waals surface area contributed by atoms with Gasteiger partial charge in [0, 0.05) is 0 Å². The maximum atomic E-state index is 8.38. The van der Waals surface area contributed by atoms with Gasteiger partial charge in [-0.2, -0.15) is 5.26 Å². The van der Waals surface area contributed by atoms with Gasteiger partial charge in [0.15, 0.2) is 0 Å². The Morgan fingerprint density at radius 3 is 2.62 bits per heavy atom. The molecule has 2 atom stereocenters. The van der Waals surface area contributed by atoms with Crippen LogP contribution in [0, 0.1) is 23.2 Å². The second-order valence-corrected chi connectivity index (χ2v) is 2.39. The third kappa shape index (κ3) is 0.535. The zero-order valence-corrected chi connectivity index (χ0v) is 5.02.